The Labute approximate surface area is 111 Å². The van der Waals surface area contributed by atoms with Gasteiger partial charge in [0, 0.05) is 31.7 Å². The molecule has 1 aromatic carbocycles. The molecule has 1 heterocycles. The SMILES string of the molecule is CC(C)C[C@@H]1CN[C@@H](C)CN1Cc1ccccc1. The molecule has 1 saturated heterocycles. The predicted octanol–water partition coefficient (Wildman–Crippen LogP) is 2.90. The first kappa shape index (κ1) is 13.6. The molecule has 1 aromatic rings. The van der Waals surface area contributed by atoms with Crippen LogP contribution >= 0.6 is 0 Å². The van der Waals surface area contributed by atoms with Gasteiger partial charge in [-0.3, -0.25) is 4.90 Å². The van der Waals surface area contributed by atoms with E-state index in [2.05, 4.69) is 61.3 Å². The van der Waals surface area contributed by atoms with E-state index in [1.54, 1.807) is 0 Å². The molecule has 0 bridgehead atoms. The summed E-state index contributed by atoms with van der Waals surface area (Å²) in [5.74, 6) is 0.767. The first-order valence-corrected chi connectivity index (χ1v) is 7.16. The van der Waals surface area contributed by atoms with Crippen LogP contribution in [0.2, 0.25) is 0 Å². The Hall–Kier alpha value is -0.860. The summed E-state index contributed by atoms with van der Waals surface area (Å²) in [7, 11) is 0. The van der Waals surface area contributed by atoms with Crippen molar-refractivity contribution in [1.29, 1.82) is 0 Å². The summed E-state index contributed by atoms with van der Waals surface area (Å²) < 4.78 is 0. The summed E-state index contributed by atoms with van der Waals surface area (Å²) in [4.78, 5) is 2.65. The largest absolute Gasteiger partial charge is 0.311 e. The normalized spacial score (nSPS) is 25.6. The zero-order valence-electron chi connectivity index (χ0n) is 11.9. The van der Waals surface area contributed by atoms with Crippen molar-refractivity contribution in [2.24, 2.45) is 5.92 Å². The molecule has 1 fully saturated rings. The lowest BCUT2D eigenvalue weighted by Crippen LogP contribution is -2.55. The van der Waals surface area contributed by atoms with Gasteiger partial charge in [0.2, 0.25) is 0 Å². The highest BCUT2D eigenvalue weighted by Gasteiger charge is 2.26. The van der Waals surface area contributed by atoms with Crippen molar-refractivity contribution < 1.29 is 0 Å². The average Bonchev–Trinajstić information content (AvgIpc) is 2.33. The van der Waals surface area contributed by atoms with Gasteiger partial charge in [-0.2, -0.15) is 0 Å². The Morgan fingerprint density at radius 1 is 1.28 bits per heavy atom. The highest BCUT2D eigenvalue weighted by Crippen LogP contribution is 2.18. The quantitative estimate of drug-likeness (QED) is 0.879. The molecule has 0 radical (unpaired) electrons. The number of nitrogens with zero attached hydrogens (tertiary/aromatic N) is 1. The predicted molar refractivity (Wildman–Crippen MR) is 77.6 cm³/mol. The molecule has 0 saturated carbocycles. The van der Waals surface area contributed by atoms with E-state index < -0.39 is 0 Å². The summed E-state index contributed by atoms with van der Waals surface area (Å²) in [6, 6.07) is 12.1. The third kappa shape index (κ3) is 3.82. The van der Waals surface area contributed by atoms with Crippen molar-refractivity contribution in [3.63, 3.8) is 0 Å². The zero-order valence-corrected chi connectivity index (χ0v) is 11.9. The molecule has 100 valence electrons. The molecular formula is C16H26N2. The van der Waals surface area contributed by atoms with E-state index in [0.717, 1.165) is 25.6 Å². The molecule has 1 aliphatic heterocycles. The molecule has 2 nitrogen and oxygen atoms in total. The Kier molecular flexibility index (Phi) is 4.79. The van der Waals surface area contributed by atoms with Gasteiger partial charge in [-0.05, 0) is 24.8 Å². The van der Waals surface area contributed by atoms with Crippen LogP contribution in [0.4, 0.5) is 0 Å². The Bertz CT molecular complexity index is 347. The van der Waals surface area contributed by atoms with E-state index >= 15 is 0 Å². The lowest BCUT2D eigenvalue weighted by molar-refractivity contribution is 0.111. The first-order valence-electron chi connectivity index (χ1n) is 7.16. The second kappa shape index (κ2) is 6.35. The van der Waals surface area contributed by atoms with Crippen molar-refractivity contribution >= 4 is 0 Å². The minimum atomic E-state index is 0.608. The standard InChI is InChI=1S/C16H26N2/c1-13(2)9-16-10-17-14(3)11-18(16)12-15-7-5-4-6-8-15/h4-8,13-14,16-17H,9-12H2,1-3H3/t14-,16+/m0/s1. The first-order chi connectivity index (χ1) is 8.65. The lowest BCUT2D eigenvalue weighted by Gasteiger charge is -2.40. The van der Waals surface area contributed by atoms with Crippen LogP contribution in [0.3, 0.4) is 0 Å². The summed E-state index contributed by atoms with van der Waals surface area (Å²) in [5, 5.41) is 3.61. The number of hydrogen-bond donors (Lipinski definition) is 1. The van der Waals surface area contributed by atoms with Crippen molar-refractivity contribution in [3.8, 4) is 0 Å². The van der Waals surface area contributed by atoms with E-state index in [1.165, 1.54) is 12.0 Å². The summed E-state index contributed by atoms with van der Waals surface area (Å²) >= 11 is 0. The van der Waals surface area contributed by atoms with Gasteiger partial charge in [-0.1, -0.05) is 44.2 Å². The molecule has 0 aromatic heterocycles. The second-order valence-electron chi connectivity index (χ2n) is 6.01. The smallest absolute Gasteiger partial charge is 0.0237 e. The Morgan fingerprint density at radius 3 is 2.67 bits per heavy atom. The summed E-state index contributed by atoms with van der Waals surface area (Å²) in [6.07, 6.45) is 1.28. The topological polar surface area (TPSA) is 15.3 Å². The van der Waals surface area contributed by atoms with Gasteiger partial charge in [0.05, 0.1) is 0 Å². The van der Waals surface area contributed by atoms with Gasteiger partial charge >= 0.3 is 0 Å². The van der Waals surface area contributed by atoms with Crippen molar-refractivity contribution in [1.82, 2.24) is 10.2 Å². The monoisotopic (exact) mass is 246 g/mol. The molecule has 2 atom stereocenters. The fourth-order valence-corrected chi connectivity index (χ4v) is 2.82. The average molecular weight is 246 g/mol. The van der Waals surface area contributed by atoms with Gasteiger partial charge in [-0.25, -0.2) is 0 Å². The van der Waals surface area contributed by atoms with Crippen molar-refractivity contribution in [3.05, 3.63) is 35.9 Å². The minimum absolute atomic E-state index is 0.608. The van der Waals surface area contributed by atoms with Crippen LogP contribution in [0.5, 0.6) is 0 Å². The fraction of sp³-hybridized carbons (Fsp3) is 0.625. The maximum absolute atomic E-state index is 3.61. The molecule has 0 amide bonds. The second-order valence-corrected chi connectivity index (χ2v) is 6.01. The van der Waals surface area contributed by atoms with Gasteiger partial charge in [-0.15, -0.1) is 0 Å². The van der Waals surface area contributed by atoms with Crippen molar-refractivity contribution in [2.75, 3.05) is 13.1 Å². The molecule has 1 aliphatic rings. The van der Waals surface area contributed by atoms with E-state index in [1.807, 2.05) is 0 Å². The number of hydrogen-bond acceptors (Lipinski definition) is 2. The van der Waals surface area contributed by atoms with Crippen LogP contribution in [0.15, 0.2) is 30.3 Å². The van der Waals surface area contributed by atoms with E-state index in [4.69, 9.17) is 0 Å². The summed E-state index contributed by atoms with van der Waals surface area (Å²) in [6.45, 7) is 10.3. The third-order valence-corrected chi connectivity index (χ3v) is 3.70. The molecule has 0 unspecified atom stereocenters. The zero-order chi connectivity index (χ0) is 13.0. The number of benzene rings is 1. The fourth-order valence-electron chi connectivity index (χ4n) is 2.82. The minimum Gasteiger partial charge on any atom is -0.311 e. The lowest BCUT2D eigenvalue weighted by atomic mass is 9.98. The van der Waals surface area contributed by atoms with E-state index in [-0.39, 0.29) is 0 Å². The van der Waals surface area contributed by atoms with Crippen LogP contribution in [0.25, 0.3) is 0 Å². The molecular weight excluding hydrogens is 220 g/mol. The van der Waals surface area contributed by atoms with Crippen LogP contribution in [-0.2, 0) is 6.54 Å². The van der Waals surface area contributed by atoms with Gasteiger partial charge in [0.25, 0.3) is 0 Å². The van der Waals surface area contributed by atoms with Crippen molar-refractivity contribution in [2.45, 2.75) is 45.8 Å². The molecule has 0 spiro atoms. The molecule has 2 rings (SSSR count). The molecule has 1 N–H and O–H groups in total. The molecule has 2 heteroatoms. The van der Waals surface area contributed by atoms with Gasteiger partial charge < -0.3 is 5.32 Å². The van der Waals surface area contributed by atoms with Crippen LogP contribution in [0, 0.1) is 5.92 Å². The third-order valence-electron chi connectivity index (χ3n) is 3.70. The highest BCUT2D eigenvalue weighted by atomic mass is 15.2. The van der Waals surface area contributed by atoms with Crippen LogP contribution in [-0.4, -0.2) is 30.1 Å². The number of rotatable bonds is 4. The van der Waals surface area contributed by atoms with Gasteiger partial charge in [0.15, 0.2) is 0 Å². The Morgan fingerprint density at radius 2 is 2.00 bits per heavy atom. The van der Waals surface area contributed by atoms with Crippen LogP contribution < -0.4 is 5.32 Å². The molecule has 18 heavy (non-hydrogen) atoms. The van der Waals surface area contributed by atoms with E-state index in [9.17, 15) is 0 Å². The number of nitrogens with one attached hydrogen (secondary N) is 1. The Balaban J connectivity index is 2.01. The molecule has 0 aliphatic carbocycles. The van der Waals surface area contributed by atoms with Gasteiger partial charge in [0.1, 0.15) is 0 Å². The summed E-state index contributed by atoms with van der Waals surface area (Å²) in [5.41, 5.74) is 1.43. The van der Waals surface area contributed by atoms with E-state index in [0.29, 0.717) is 12.1 Å². The number of piperazine rings is 1. The highest BCUT2D eigenvalue weighted by molar-refractivity contribution is 5.14. The maximum Gasteiger partial charge on any atom is 0.0237 e. The van der Waals surface area contributed by atoms with Crippen LogP contribution in [0.1, 0.15) is 32.8 Å². The maximum atomic E-state index is 3.61.